The molecule has 2 heterocycles. The van der Waals surface area contributed by atoms with E-state index in [-0.39, 0.29) is 17.8 Å². The highest BCUT2D eigenvalue weighted by Gasteiger charge is 2.25. The lowest BCUT2D eigenvalue weighted by molar-refractivity contribution is 0.0570. The first kappa shape index (κ1) is 19.6. The molecule has 0 spiro atoms. The summed E-state index contributed by atoms with van der Waals surface area (Å²) < 4.78 is 17.9. The Bertz CT molecular complexity index is 803. The Balaban J connectivity index is 1.51. The number of benzene rings is 1. The minimum atomic E-state index is -0.340. The second-order valence-corrected chi connectivity index (χ2v) is 6.39. The maximum absolute atomic E-state index is 12.9. The summed E-state index contributed by atoms with van der Waals surface area (Å²) in [6.45, 7) is 4.44. The van der Waals surface area contributed by atoms with Crippen LogP contribution in [0, 0.1) is 5.82 Å². The van der Waals surface area contributed by atoms with Crippen LogP contribution in [0.3, 0.4) is 0 Å². The number of rotatable bonds is 5. The molecule has 1 aromatic heterocycles. The molecule has 148 valence electrons. The summed E-state index contributed by atoms with van der Waals surface area (Å²) in [5.41, 5.74) is 1.43. The molecular formula is C20H23FN4O3. The number of hydrogen-bond donors (Lipinski definition) is 1. The molecule has 7 nitrogen and oxygen atoms in total. The lowest BCUT2D eigenvalue weighted by Crippen LogP contribution is -2.50. The number of ether oxygens (including phenoxy) is 1. The summed E-state index contributed by atoms with van der Waals surface area (Å²) in [6, 6.07) is 9.69. The third-order valence-electron chi connectivity index (χ3n) is 4.49. The largest absolute Gasteiger partial charge is 0.450 e. The van der Waals surface area contributed by atoms with Crippen LogP contribution in [0.15, 0.2) is 42.6 Å². The van der Waals surface area contributed by atoms with Crippen LogP contribution in [0.1, 0.15) is 22.8 Å². The van der Waals surface area contributed by atoms with Gasteiger partial charge in [-0.25, -0.2) is 14.2 Å². The van der Waals surface area contributed by atoms with Gasteiger partial charge in [0.1, 0.15) is 11.6 Å². The number of pyridine rings is 1. The minimum Gasteiger partial charge on any atom is -0.450 e. The third-order valence-corrected chi connectivity index (χ3v) is 4.49. The van der Waals surface area contributed by atoms with E-state index in [4.69, 9.17) is 4.74 Å². The first-order chi connectivity index (χ1) is 13.6. The van der Waals surface area contributed by atoms with Gasteiger partial charge in [0.15, 0.2) is 0 Å². The number of halogens is 1. The van der Waals surface area contributed by atoms with Crippen molar-refractivity contribution in [3.8, 4) is 0 Å². The maximum Gasteiger partial charge on any atom is 0.409 e. The van der Waals surface area contributed by atoms with Gasteiger partial charge in [-0.15, -0.1) is 0 Å². The smallest absolute Gasteiger partial charge is 0.409 e. The topological polar surface area (TPSA) is 74.8 Å². The summed E-state index contributed by atoms with van der Waals surface area (Å²) >= 11 is 0. The number of hydrogen-bond acceptors (Lipinski definition) is 5. The third kappa shape index (κ3) is 4.97. The summed E-state index contributed by atoms with van der Waals surface area (Å²) in [5, 5.41) is 3.14. The quantitative estimate of drug-likeness (QED) is 0.855. The molecule has 2 amide bonds. The molecule has 0 radical (unpaired) electrons. The van der Waals surface area contributed by atoms with E-state index in [1.807, 2.05) is 0 Å². The average Bonchev–Trinajstić information content (AvgIpc) is 2.73. The molecule has 0 saturated carbocycles. The van der Waals surface area contributed by atoms with Crippen molar-refractivity contribution in [2.24, 2.45) is 0 Å². The van der Waals surface area contributed by atoms with Crippen molar-refractivity contribution in [1.29, 1.82) is 0 Å². The van der Waals surface area contributed by atoms with Gasteiger partial charge < -0.3 is 19.9 Å². The highest BCUT2D eigenvalue weighted by Crippen LogP contribution is 2.12. The van der Waals surface area contributed by atoms with E-state index >= 15 is 0 Å². The predicted octanol–water partition coefficient (Wildman–Crippen LogP) is 2.75. The van der Waals surface area contributed by atoms with Gasteiger partial charge in [0, 0.05) is 38.9 Å². The van der Waals surface area contributed by atoms with Crippen molar-refractivity contribution in [1.82, 2.24) is 14.8 Å². The molecule has 3 rings (SSSR count). The minimum absolute atomic E-state index is 0.110. The highest BCUT2D eigenvalue weighted by atomic mass is 19.1. The first-order valence-electron chi connectivity index (χ1n) is 9.22. The Morgan fingerprint density at radius 2 is 1.75 bits per heavy atom. The molecule has 2 aromatic rings. The predicted molar refractivity (Wildman–Crippen MR) is 102 cm³/mol. The molecule has 1 fully saturated rings. The van der Waals surface area contributed by atoms with E-state index in [0.717, 1.165) is 5.56 Å². The van der Waals surface area contributed by atoms with Crippen LogP contribution in [-0.2, 0) is 11.3 Å². The fourth-order valence-corrected chi connectivity index (χ4v) is 2.91. The normalized spacial score (nSPS) is 13.9. The molecule has 28 heavy (non-hydrogen) atoms. The van der Waals surface area contributed by atoms with Crippen LogP contribution < -0.4 is 5.32 Å². The molecule has 1 N–H and O–H groups in total. The summed E-state index contributed by atoms with van der Waals surface area (Å²) in [6.07, 6.45) is 1.19. The van der Waals surface area contributed by atoms with Gasteiger partial charge in [-0.05, 0) is 36.8 Å². The number of piperazine rings is 1. The molecule has 8 heteroatoms. The molecule has 1 aromatic carbocycles. The zero-order valence-electron chi connectivity index (χ0n) is 15.7. The summed E-state index contributed by atoms with van der Waals surface area (Å²) in [5.74, 6) is 0.252. The fraction of sp³-hybridized carbons (Fsp3) is 0.350. The Labute approximate surface area is 163 Å². The standard InChI is InChI=1S/C20H23FN4O3/c1-2-28-20(27)25-11-9-24(10-12-25)19(26)16-5-8-18(23-14-16)22-13-15-3-6-17(21)7-4-15/h3-8,14H,2,9-13H2,1H3,(H,22,23). The highest BCUT2D eigenvalue weighted by molar-refractivity contribution is 5.94. The molecular weight excluding hydrogens is 363 g/mol. The van der Waals surface area contributed by atoms with Crippen LogP contribution in [0.5, 0.6) is 0 Å². The fourth-order valence-electron chi connectivity index (χ4n) is 2.91. The summed E-state index contributed by atoms with van der Waals surface area (Å²) in [4.78, 5) is 31.9. The van der Waals surface area contributed by atoms with Crippen molar-refractivity contribution in [2.45, 2.75) is 13.5 Å². The zero-order valence-corrected chi connectivity index (χ0v) is 15.7. The van der Waals surface area contributed by atoms with E-state index in [0.29, 0.717) is 50.7 Å². The van der Waals surface area contributed by atoms with Gasteiger partial charge in [-0.3, -0.25) is 4.79 Å². The molecule has 1 aliphatic heterocycles. The number of anilines is 1. The van der Waals surface area contributed by atoms with E-state index in [2.05, 4.69) is 10.3 Å². The molecule has 0 bridgehead atoms. The molecule has 1 saturated heterocycles. The van der Waals surface area contributed by atoms with E-state index in [1.54, 1.807) is 41.0 Å². The number of aromatic nitrogens is 1. The lowest BCUT2D eigenvalue weighted by atomic mass is 10.2. The Morgan fingerprint density at radius 3 is 2.36 bits per heavy atom. The van der Waals surface area contributed by atoms with E-state index < -0.39 is 0 Å². The van der Waals surface area contributed by atoms with E-state index in [1.165, 1.54) is 18.3 Å². The second-order valence-electron chi connectivity index (χ2n) is 6.39. The van der Waals surface area contributed by atoms with Crippen molar-refractivity contribution in [3.05, 3.63) is 59.5 Å². The number of carbonyl (C=O) groups is 2. The Hall–Kier alpha value is -3.16. The van der Waals surface area contributed by atoms with Crippen molar-refractivity contribution in [2.75, 3.05) is 38.1 Å². The van der Waals surface area contributed by atoms with Crippen LogP contribution in [0.2, 0.25) is 0 Å². The van der Waals surface area contributed by atoms with Gasteiger partial charge in [0.25, 0.3) is 5.91 Å². The van der Waals surface area contributed by atoms with Gasteiger partial charge in [-0.1, -0.05) is 12.1 Å². The molecule has 1 aliphatic rings. The van der Waals surface area contributed by atoms with Gasteiger partial charge in [0.2, 0.25) is 0 Å². The lowest BCUT2D eigenvalue weighted by Gasteiger charge is -2.34. The van der Waals surface area contributed by atoms with E-state index in [9.17, 15) is 14.0 Å². The van der Waals surface area contributed by atoms with Gasteiger partial charge in [0.05, 0.1) is 12.2 Å². The Morgan fingerprint density at radius 1 is 1.07 bits per heavy atom. The zero-order chi connectivity index (χ0) is 19.9. The molecule has 0 atom stereocenters. The van der Waals surface area contributed by atoms with Crippen molar-refractivity contribution < 1.29 is 18.7 Å². The maximum atomic E-state index is 12.9. The van der Waals surface area contributed by atoms with Crippen molar-refractivity contribution in [3.63, 3.8) is 0 Å². The summed E-state index contributed by atoms with van der Waals surface area (Å²) in [7, 11) is 0. The molecule has 0 unspecified atom stereocenters. The number of nitrogens with zero attached hydrogens (tertiary/aromatic N) is 3. The Kier molecular flexibility index (Phi) is 6.41. The van der Waals surface area contributed by atoms with Crippen LogP contribution >= 0.6 is 0 Å². The SMILES string of the molecule is CCOC(=O)N1CCN(C(=O)c2ccc(NCc3ccc(F)cc3)nc2)CC1. The first-order valence-corrected chi connectivity index (χ1v) is 9.22. The monoisotopic (exact) mass is 386 g/mol. The van der Waals surface area contributed by atoms with Gasteiger partial charge in [-0.2, -0.15) is 0 Å². The number of amides is 2. The van der Waals surface area contributed by atoms with Crippen LogP contribution in [0.4, 0.5) is 15.0 Å². The number of nitrogens with one attached hydrogen (secondary N) is 1. The van der Waals surface area contributed by atoms with Crippen LogP contribution in [-0.4, -0.2) is 59.6 Å². The average molecular weight is 386 g/mol. The van der Waals surface area contributed by atoms with Gasteiger partial charge >= 0.3 is 6.09 Å². The van der Waals surface area contributed by atoms with Crippen molar-refractivity contribution >= 4 is 17.8 Å². The molecule has 0 aliphatic carbocycles. The van der Waals surface area contributed by atoms with Crippen LogP contribution in [0.25, 0.3) is 0 Å². The second kappa shape index (κ2) is 9.16. The number of carbonyl (C=O) groups excluding carboxylic acids is 2.